The third-order valence-electron chi connectivity index (χ3n) is 8.63. The number of para-hydroxylation sites is 2. The number of aromatic nitrogens is 4. The van der Waals surface area contributed by atoms with Crippen LogP contribution in [0.25, 0.3) is 83.4 Å². The van der Waals surface area contributed by atoms with Gasteiger partial charge in [-0.1, -0.05) is 60.7 Å². The quantitative estimate of drug-likeness (QED) is 0.200. The van der Waals surface area contributed by atoms with E-state index in [1.807, 2.05) is 30.5 Å². The number of rotatable bonds is 5. The fourth-order valence-electron chi connectivity index (χ4n) is 6.42. The van der Waals surface area contributed by atoms with Crippen LogP contribution < -0.4 is 0 Å². The molecule has 9 aromatic rings. The molecule has 0 fully saturated rings. The summed E-state index contributed by atoms with van der Waals surface area (Å²) in [7, 11) is 0. The van der Waals surface area contributed by atoms with Crippen LogP contribution in [0.5, 0.6) is 0 Å². The zero-order valence-corrected chi connectivity index (χ0v) is 24.7. The molecule has 4 aromatic heterocycles. The molecule has 0 radical (unpaired) electrons. The highest BCUT2D eigenvalue weighted by Gasteiger charge is 2.17. The molecule has 0 bridgehead atoms. The largest absolute Gasteiger partial charge is 0.436 e. The van der Waals surface area contributed by atoms with Crippen LogP contribution in [-0.4, -0.2) is 19.5 Å². The second-order valence-electron chi connectivity index (χ2n) is 11.4. The lowest BCUT2D eigenvalue weighted by atomic mass is 9.99. The number of nitrogens with zero attached hydrogens (tertiary/aromatic N) is 4. The second-order valence-corrected chi connectivity index (χ2v) is 11.4. The van der Waals surface area contributed by atoms with Gasteiger partial charge in [0.2, 0.25) is 5.89 Å². The minimum absolute atomic E-state index is 0.585. The minimum atomic E-state index is 0.585. The van der Waals surface area contributed by atoms with E-state index in [0.29, 0.717) is 5.89 Å². The Balaban J connectivity index is 1.12. The highest BCUT2D eigenvalue weighted by Crippen LogP contribution is 2.38. The standard InChI is InChI=1S/C41H26N4O/c1-2-8-33(9-3-1)45-37-11-5-4-10-34(37)36-23-30(16-17-38(36)45)27-12-14-29(15-13-27)41-44-40-35(28-18-21-42-22-19-28)24-32(25-39(40)46-41)31-7-6-20-43-26-31/h1-26H. The van der Waals surface area contributed by atoms with Crippen LogP contribution in [0.15, 0.2) is 163 Å². The summed E-state index contributed by atoms with van der Waals surface area (Å²) in [4.78, 5) is 13.5. The first kappa shape index (κ1) is 26.1. The van der Waals surface area contributed by atoms with Gasteiger partial charge in [0.15, 0.2) is 5.58 Å². The van der Waals surface area contributed by atoms with E-state index < -0.39 is 0 Å². The predicted octanol–water partition coefficient (Wildman–Crippen LogP) is 10.4. The molecule has 5 aromatic carbocycles. The van der Waals surface area contributed by atoms with Gasteiger partial charge in [-0.3, -0.25) is 9.97 Å². The fourth-order valence-corrected chi connectivity index (χ4v) is 6.42. The van der Waals surface area contributed by atoms with Crippen molar-refractivity contribution in [2.75, 3.05) is 0 Å². The van der Waals surface area contributed by atoms with Crippen LogP contribution in [0.3, 0.4) is 0 Å². The van der Waals surface area contributed by atoms with Gasteiger partial charge in [0, 0.05) is 57.9 Å². The van der Waals surface area contributed by atoms with Crippen molar-refractivity contribution in [2.24, 2.45) is 0 Å². The molecule has 0 N–H and O–H groups in total. The van der Waals surface area contributed by atoms with Gasteiger partial charge in [-0.15, -0.1) is 0 Å². The Hall–Kier alpha value is -6.33. The molecule has 9 rings (SSSR count). The van der Waals surface area contributed by atoms with Crippen molar-refractivity contribution >= 4 is 32.9 Å². The first-order valence-corrected chi connectivity index (χ1v) is 15.2. The molecular formula is C41H26N4O. The first-order valence-electron chi connectivity index (χ1n) is 15.2. The maximum absolute atomic E-state index is 6.42. The van der Waals surface area contributed by atoms with Gasteiger partial charge in [0.05, 0.1) is 11.0 Å². The number of benzene rings is 5. The normalized spacial score (nSPS) is 11.5. The van der Waals surface area contributed by atoms with Gasteiger partial charge >= 0.3 is 0 Å². The maximum atomic E-state index is 6.42. The zero-order chi connectivity index (χ0) is 30.5. The Morgan fingerprint density at radius 1 is 0.478 bits per heavy atom. The van der Waals surface area contributed by atoms with Crippen LogP contribution in [0.1, 0.15) is 0 Å². The monoisotopic (exact) mass is 590 g/mol. The van der Waals surface area contributed by atoms with E-state index >= 15 is 0 Å². The average Bonchev–Trinajstić information content (AvgIpc) is 3.72. The van der Waals surface area contributed by atoms with Gasteiger partial charge in [0.25, 0.3) is 0 Å². The van der Waals surface area contributed by atoms with E-state index in [1.165, 1.54) is 21.8 Å². The zero-order valence-electron chi connectivity index (χ0n) is 24.7. The summed E-state index contributed by atoms with van der Waals surface area (Å²) < 4.78 is 8.76. The number of pyridine rings is 2. The molecule has 0 aliphatic rings. The predicted molar refractivity (Wildman–Crippen MR) is 186 cm³/mol. The van der Waals surface area contributed by atoms with Crippen molar-refractivity contribution in [1.82, 2.24) is 19.5 Å². The first-order chi connectivity index (χ1) is 22.8. The Morgan fingerprint density at radius 3 is 2.07 bits per heavy atom. The summed E-state index contributed by atoms with van der Waals surface area (Å²) in [6.45, 7) is 0. The van der Waals surface area contributed by atoms with E-state index in [0.717, 1.165) is 55.7 Å². The molecule has 0 unspecified atom stereocenters. The Bertz CT molecular complexity index is 2500. The summed E-state index contributed by atoms with van der Waals surface area (Å²) in [5.41, 5.74) is 12.4. The summed E-state index contributed by atoms with van der Waals surface area (Å²) in [5.74, 6) is 0.585. The molecule has 4 heterocycles. The lowest BCUT2D eigenvalue weighted by Gasteiger charge is -2.08. The van der Waals surface area contributed by atoms with Crippen molar-refractivity contribution in [1.29, 1.82) is 0 Å². The van der Waals surface area contributed by atoms with Crippen LogP contribution >= 0.6 is 0 Å². The van der Waals surface area contributed by atoms with Crippen molar-refractivity contribution in [2.45, 2.75) is 0 Å². The lowest BCUT2D eigenvalue weighted by molar-refractivity contribution is 0.620. The highest BCUT2D eigenvalue weighted by molar-refractivity contribution is 6.10. The smallest absolute Gasteiger partial charge is 0.227 e. The summed E-state index contributed by atoms with van der Waals surface area (Å²) in [5, 5.41) is 2.47. The third kappa shape index (κ3) is 4.37. The van der Waals surface area contributed by atoms with Gasteiger partial charge < -0.3 is 8.98 Å². The SMILES string of the molecule is c1ccc(-n2c3ccccc3c3cc(-c4ccc(-c5nc6c(-c7ccncc7)cc(-c7cccnc7)cc6o5)cc4)ccc32)cc1. The molecule has 216 valence electrons. The highest BCUT2D eigenvalue weighted by atomic mass is 16.3. The molecule has 0 aliphatic heterocycles. The lowest BCUT2D eigenvalue weighted by Crippen LogP contribution is -1.92. The van der Waals surface area contributed by atoms with Crippen LogP contribution in [0.4, 0.5) is 0 Å². The van der Waals surface area contributed by atoms with E-state index in [-0.39, 0.29) is 0 Å². The van der Waals surface area contributed by atoms with Gasteiger partial charge in [-0.25, -0.2) is 4.98 Å². The summed E-state index contributed by atoms with van der Waals surface area (Å²) in [6, 6.07) is 46.5. The van der Waals surface area contributed by atoms with E-state index in [2.05, 4.69) is 124 Å². The van der Waals surface area contributed by atoms with Crippen LogP contribution in [0, 0.1) is 0 Å². The van der Waals surface area contributed by atoms with E-state index in [9.17, 15) is 0 Å². The number of hydrogen-bond donors (Lipinski definition) is 0. The van der Waals surface area contributed by atoms with Crippen molar-refractivity contribution in [3.63, 3.8) is 0 Å². The van der Waals surface area contributed by atoms with Gasteiger partial charge in [-0.2, -0.15) is 0 Å². The van der Waals surface area contributed by atoms with Crippen LogP contribution in [-0.2, 0) is 0 Å². The average molecular weight is 591 g/mol. The van der Waals surface area contributed by atoms with Gasteiger partial charge in [-0.05, 0) is 95.1 Å². The van der Waals surface area contributed by atoms with Gasteiger partial charge in [0.1, 0.15) is 5.52 Å². The third-order valence-corrected chi connectivity index (χ3v) is 8.63. The maximum Gasteiger partial charge on any atom is 0.227 e. The van der Waals surface area contributed by atoms with Crippen LogP contribution in [0.2, 0.25) is 0 Å². The molecule has 46 heavy (non-hydrogen) atoms. The number of hydrogen-bond acceptors (Lipinski definition) is 4. The molecule has 0 spiro atoms. The molecule has 0 atom stereocenters. The van der Waals surface area contributed by atoms with E-state index in [4.69, 9.17) is 9.40 Å². The molecular weight excluding hydrogens is 564 g/mol. The topological polar surface area (TPSA) is 56.7 Å². The Labute approximate surface area is 265 Å². The summed E-state index contributed by atoms with van der Waals surface area (Å²) >= 11 is 0. The molecule has 0 aliphatic carbocycles. The second kappa shape index (κ2) is 10.7. The Kier molecular flexibility index (Phi) is 6.06. The van der Waals surface area contributed by atoms with Crippen molar-refractivity contribution in [3.05, 3.63) is 158 Å². The number of fused-ring (bicyclic) bond motifs is 4. The molecule has 5 heteroatoms. The van der Waals surface area contributed by atoms with Crippen molar-refractivity contribution < 1.29 is 4.42 Å². The van der Waals surface area contributed by atoms with E-state index in [1.54, 1.807) is 18.6 Å². The molecule has 0 saturated carbocycles. The minimum Gasteiger partial charge on any atom is -0.436 e. The summed E-state index contributed by atoms with van der Waals surface area (Å²) in [6.07, 6.45) is 7.25. The molecule has 0 saturated heterocycles. The number of oxazole rings is 1. The van der Waals surface area contributed by atoms with Crippen molar-refractivity contribution in [3.8, 4) is 50.5 Å². The molecule has 5 nitrogen and oxygen atoms in total. The molecule has 0 amide bonds. The fraction of sp³-hybridized carbons (Fsp3) is 0. The Morgan fingerprint density at radius 2 is 1.24 bits per heavy atom.